The van der Waals surface area contributed by atoms with Crippen LogP contribution in [-0.2, 0) is 17.8 Å². The van der Waals surface area contributed by atoms with E-state index in [9.17, 15) is 4.79 Å². The maximum absolute atomic E-state index is 12.1. The van der Waals surface area contributed by atoms with Crippen LogP contribution in [0.4, 0.5) is 0 Å². The van der Waals surface area contributed by atoms with Crippen LogP contribution in [-0.4, -0.2) is 12.0 Å². The lowest BCUT2D eigenvalue weighted by Gasteiger charge is -2.25. The highest BCUT2D eigenvalue weighted by atomic mass is 16.5. The van der Waals surface area contributed by atoms with E-state index in [4.69, 9.17) is 4.74 Å². The second-order valence-corrected chi connectivity index (χ2v) is 4.96. The molecule has 0 aromatic heterocycles. The molecule has 3 rings (SSSR count). The van der Waals surface area contributed by atoms with Gasteiger partial charge in [0.2, 0.25) is 0 Å². The van der Waals surface area contributed by atoms with E-state index in [0.29, 0.717) is 6.54 Å². The fourth-order valence-corrected chi connectivity index (χ4v) is 2.41. The predicted octanol–water partition coefficient (Wildman–Crippen LogP) is 2.70. The molecule has 0 fully saturated rings. The summed E-state index contributed by atoms with van der Waals surface area (Å²) in [4.78, 5) is 12.1. The SMILES string of the molecule is O=C(NCc1ccccc1)[C@H]1C[14CH2]c2ccccc2O1. The van der Waals surface area contributed by atoms with E-state index in [1.807, 2.05) is 54.6 Å². The van der Waals surface area contributed by atoms with Gasteiger partial charge >= 0.3 is 0 Å². The second-order valence-electron chi connectivity index (χ2n) is 4.96. The van der Waals surface area contributed by atoms with Crippen LogP contribution in [0, 0.1) is 0 Å². The second kappa shape index (κ2) is 5.78. The predicted molar refractivity (Wildman–Crippen MR) is 77.5 cm³/mol. The number of rotatable bonds is 3. The molecule has 1 atom stereocenters. The first-order valence-corrected chi connectivity index (χ1v) is 6.89. The molecule has 20 heavy (non-hydrogen) atoms. The molecule has 0 aliphatic carbocycles. The van der Waals surface area contributed by atoms with E-state index < -0.39 is 0 Å². The number of hydrogen-bond donors (Lipinski definition) is 1. The number of benzene rings is 2. The molecule has 3 nitrogen and oxygen atoms in total. The van der Waals surface area contributed by atoms with Gasteiger partial charge in [-0.1, -0.05) is 48.5 Å². The minimum atomic E-state index is -0.381. The van der Waals surface area contributed by atoms with Gasteiger partial charge in [-0.25, -0.2) is 0 Å². The van der Waals surface area contributed by atoms with E-state index in [1.165, 1.54) is 5.56 Å². The summed E-state index contributed by atoms with van der Waals surface area (Å²) < 4.78 is 5.77. The van der Waals surface area contributed by atoms with Crippen molar-refractivity contribution in [2.24, 2.45) is 0 Å². The van der Waals surface area contributed by atoms with Crippen molar-refractivity contribution in [3.8, 4) is 5.75 Å². The first-order chi connectivity index (χ1) is 9.83. The third-order valence-electron chi connectivity index (χ3n) is 3.52. The van der Waals surface area contributed by atoms with Crippen LogP contribution in [0.2, 0.25) is 0 Å². The maximum Gasteiger partial charge on any atom is 0.261 e. The van der Waals surface area contributed by atoms with Crippen LogP contribution in [0.25, 0.3) is 0 Å². The maximum atomic E-state index is 12.1. The van der Waals surface area contributed by atoms with Crippen LogP contribution in [0.5, 0.6) is 5.75 Å². The molecule has 1 amide bonds. The highest BCUT2D eigenvalue weighted by Gasteiger charge is 2.25. The number of amides is 1. The van der Waals surface area contributed by atoms with Gasteiger partial charge in [-0.05, 0) is 30.0 Å². The van der Waals surface area contributed by atoms with Crippen molar-refractivity contribution in [2.45, 2.75) is 25.5 Å². The highest BCUT2D eigenvalue weighted by Crippen LogP contribution is 2.27. The summed E-state index contributed by atoms with van der Waals surface area (Å²) in [6.07, 6.45) is 1.24. The monoisotopic (exact) mass is 269 g/mol. The van der Waals surface area contributed by atoms with Crippen molar-refractivity contribution >= 4 is 5.91 Å². The quantitative estimate of drug-likeness (QED) is 0.930. The molecule has 1 aliphatic rings. The molecule has 1 heterocycles. The summed E-state index contributed by atoms with van der Waals surface area (Å²) in [5.41, 5.74) is 2.27. The summed E-state index contributed by atoms with van der Waals surface area (Å²) in [6.45, 7) is 0.543. The van der Waals surface area contributed by atoms with Crippen molar-refractivity contribution < 1.29 is 9.53 Å². The molecule has 0 saturated heterocycles. The van der Waals surface area contributed by atoms with Crippen molar-refractivity contribution in [1.29, 1.82) is 0 Å². The summed E-state index contributed by atoms with van der Waals surface area (Å²) >= 11 is 0. The molecule has 0 unspecified atom stereocenters. The van der Waals surface area contributed by atoms with E-state index in [1.54, 1.807) is 0 Å². The molecule has 0 spiro atoms. The molecule has 0 bridgehead atoms. The lowest BCUT2D eigenvalue weighted by atomic mass is 10.2. The smallest absolute Gasteiger partial charge is 0.261 e. The number of carbonyl (C=O) groups is 1. The van der Waals surface area contributed by atoms with Gasteiger partial charge in [0.05, 0.1) is 0 Å². The summed E-state index contributed by atoms with van der Waals surface area (Å²) in [6, 6.07) is 17.8. The van der Waals surface area contributed by atoms with Gasteiger partial charge in [0, 0.05) is 6.54 Å². The van der Waals surface area contributed by atoms with E-state index >= 15 is 0 Å². The zero-order valence-corrected chi connectivity index (χ0v) is 11.2. The minimum absolute atomic E-state index is 0.0386. The minimum Gasteiger partial charge on any atom is -0.480 e. The van der Waals surface area contributed by atoms with Gasteiger partial charge in [-0.3, -0.25) is 4.79 Å². The molecule has 0 radical (unpaired) electrons. The topological polar surface area (TPSA) is 38.3 Å². The van der Waals surface area contributed by atoms with Gasteiger partial charge < -0.3 is 10.1 Å². The van der Waals surface area contributed by atoms with Crippen molar-refractivity contribution in [1.82, 2.24) is 5.32 Å². The Labute approximate surface area is 118 Å². The fourth-order valence-electron chi connectivity index (χ4n) is 2.41. The molecule has 0 saturated carbocycles. The van der Waals surface area contributed by atoms with Crippen LogP contribution in [0.3, 0.4) is 0 Å². The van der Waals surface area contributed by atoms with Crippen molar-refractivity contribution in [2.75, 3.05) is 0 Å². The Balaban J connectivity index is 1.59. The van der Waals surface area contributed by atoms with Crippen LogP contribution in [0.1, 0.15) is 17.5 Å². The Morgan fingerprint density at radius 1 is 1.15 bits per heavy atom. The van der Waals surface area contributed by atoms with E-state index in [2.05, 4.69) is 5.32 Å². The Kier molecular flexibility index (Phi) is 3.68. The fraction of sp³-hybridized carbons (Fsp3) is 0.235. The number of nitrogens with one attached hydrogen (secondary N) is 1. The van der Waals surface area contributed by atoms with Gasteiger partial charge in [-0.15, -0.1) is 0 Å². The number of para-hydroxylation sites is 1. The molecular weight excluding hydrogens is 252 g/mol. The standard InChI is InChI=1S/C17H17NO2/c19-17(18-12-13-6-2-1-3-7-13)16-11-10-14-8-4-5-9-15(14)20-16/h1-9,16H,10-12H2,(H,18,19)/t16-/m1/s1/i10+2. The van der Waals surface area contributed by atoms with Gasteiger partial charge in [0.15, 0.2) is 6.10 Å². The molecular formula is C17H17NO2. The third-order valence-corrected chi connectivity index (χ3v) is 3.52. The van der Waals surface area contributed by atoms with Gasteiger partial charge in [-0.2, -0.15) is 0 Å². The van der Waals surface area contributed by atoms with Crippen molar-refractivity contribution in [3.05, 3.63) is 65.7 Å². The average Bonchev–Trinajstić information content (AvgIpc) is 2.53. The van der Waals surface area contributed by atoms with E-state index in [-0.39, 0.29) is 12.0 Å². The number of ether oxygens (including phenoxy) is 1. The first kappa shape index (κ1) is 12.7. The number of fused-ring (bicyclic) bond motifs is 1. The summed E-state index contributed by atoms with van der Waals surface area (Å²) in [5.74, 6) is 0.793. The Morgan fingerprint density at radius 3 is 2.75 bits per heavy atom. The molecule has 102 valence electrons. The largest absolute Gasteiger partial charge is 0.480 e. The van der Waals surface area contributed by atoms with Gasteiger partial charge in [0.25, 0.3) is 5.91 Å². The number of carbonyl (C=O) groups excluding carboxylic acids is 1. The third kappa shape index (κ3) is 2.82. The zero-order chi connectivity index (χ0) is 13.8. The molecule has 2 aromatic rings. The van der Waals surface area contributed by atoms with Crippen LogP contribution >= 0.6 is 0 Å². The highest BCUT2D eigenvalue weighted by molar-refractivity contribution is 5.81. The van der Waals surface area contributed by atoms with Gasteiger partial charge in [0.1, 0.15) is 5.75 Å². The Hall–Kier alpha value is -2.29. The van der Waals surface area contributed by atoms with E-state index in [0.717, 1.165) is 24.2 Å². The van der Waals surface area contributed by atoms with Crippen LogP contribution < -0.4 is 10.1 Å². The number of hydrogen-bond acceptors (Lipinski definition) is 2. The lowest BCUT2D eigenvalue weighted by molar-refractivity contribution is -0.128. The lowest BCUT2D eigenvalue weighted by Crippen LogP contribution is -2.40. The normalized spacial score (nSPS) is 16.9. The molecule has 1 aliphatic heterocycles. The average molecular weight is 269 g/mol. The van der Waals surface area contributed by atoms with Crippen LogP contribution in [0.15, 0.2) is 54.6 Å². The summed E-state index contributed by atoms with van der Waals surface area (Å²) in [5, 5.41) is 2.94. The van der Waals surface area contributed by atoms with Crippen molar-refractivity contribution in [3.63, 3.8) is 0 Å². The molecule has 1 N–H and O–H groups in total. The number of aryl methyl sites for hydroxylation is 1. The first-order valence-electron chi connectivity index (χ1n) is 6.89. The molecule has 3 heteroatoms. The summed E-state index contributed by atoms with van der Waals surface area (Å²) in [7, 11) is 0. The Morgan fingerprint density at radius 2 is 1.90 bits per heavy atom. The zero-order valence-electron chi connectivity index (χ0n) is 11.2. The molecule has 2 aromatic carbocycles. The Bertz CT molecular complexity index is 595.